The van der Waals surface area contributed by atoms with Gasteiger partial charge < -0.3 is 39.2 Å². The Morgan fingerprint density at radius 2 is 1.69 bits per heavy atom. The third-order valence-corrected chi connectivity index (χ3v) is 10.4. The molecule has 2 N–H and O–H groups in total. The van der Waals surface area contributed by atoms with E-state index in [4.69, 9.17) is 23.9 Å². The Morgan fingerprint density at radius 1 is 0.962 bits per heavy atom. The van der Waals surface area contributed by atoms with Crippen LogP contribution in [0.15, 0.2) is 24.3 Å². The second-order valence-electron chi connectivity index (χ2n) is 16.8. The van der Waals surface area contributed by atoms with E-state index >= 15 is 0 Å². The average molecular weight is 723 g/mol. The number of carboxylic acids is 1. The molecule has 284 valence electrons. The Labute approximate surface area is 305 Å². The summed E-state index contributed by atoms with van der Waals surface area (Å²) in [7, 11) is 0. The van der Waals surface area contributed by atoms with E-state index in [0.717, 1.165) is 43.1 Å². The maximum absolute atomic E-state index is 14.1. The molecule has 4 heterocycles. The van der Waals surface area contributed by atoms with Crippen molar-refractivity contribution in [2.75, 3.05) is 19.6 Å². The number of aromatic nitrogens is 1. The summed E-state index contributed by atoms with van der Waals surface area (Å²) in [6.45, 7) is 12.1. The fourth-order valence-corrected chi connectivity index (χ4v) is 7.48. The second-order valence-corrected chi connectivity index (χ2v) is 16.8. The first-order valence-corrected chi connectivity index (χ1v) is 18.8. The molecule has 52 heavy (non-hydrogen) atoms. The number of fused-ring (bicyclic) bond motifs is 5. The lowest BCUT2D eigenvalue weighted by Crippen LogP contribution is -2.57. The zero-order chi connectivity index (χ0) is 37.4. The minimum absolute atomic E-state index is 0.0110. The largest absolute Gasteiger partial charge is 0.489 e. The number of ether oxygens (including phenoxy) is 4. The molecular weight excluding hydrogens is 668 g/mol. The molecule has 5 atom stereocenters. The summed E-state index contributed by atoms with van der Waals surface area (Å²) >= 11 is 0. The number of nitrogens with zero attached hydrogens (tertiary/aromatic N) is 3. The fraction of sp³-hybridized carbons (Fsp3) is 0.667. The molecule has 1 aromatic heterocycles. The third-order valence-electron chi connectivity index (χ3n) is 10.4. The molecule has 3 aliphatic heterocycles. The zero-order valence-electron chi connectivity index (χ0n) is 31.3. The summed E-state index contributed by atoms with van der Waals surface area (Å²) in [6, 6.07) is 5.59. The zero-order valence-corrected chi connectivity index (χ0v) is 31.3. The van der Waals surface area contributed by atoms with E-state index in [1.165, 1.54) is 4.90 Å². The predicted octanol–water partition coefficient (Wildman–Crippen LogP) is 6.09. The number of benzene rings is 1. The Hall–Kier alpha value is -4.29. The van der Waals surface area contributed by atoms with Gasteiger partial charge in [-0.1, -0.05) is 45.7 Å². The summed E-state index contributed by atoms with van der Waals surface area (Å²) in [6.07, 6.45) is 4.38. The van der Waals surface area contributed by atoms with Gasteiger partial charge in [-0.05, 0) is 69.9 Å². The fourth-order valence-electron chi connectivity index (χ4n) is 7.48. The van der Waals surface area contributed by atoms with Crippen molar-refractivity contribution in [1.82, 2.24) is 20.1 Å². The van der Waals surface area contributed by atoms with Crippen molar-refractivity contribution >= 4 is 35.0 Å². The van der Waals surface area contributed by atoms with Crippen LogP contribution in [0.4, 0.5) is 9.59 Å². The molecule has 1 aliphatic carbocycles. The molecule has 1 saturated carbocycles. The monoisotopic (exact) mass is 722 g/mol. The lowest BCUT2D eigenvalue weighted by Gasteiger charge is -2.34. The van der Waals surface area contributed by atoms with Crippen LogP contribution in [0, 0.1) is 11.3 Å². The quantitative estimate of drug-likeness (QED) is 0.380. The van der Waals surface area contributed by atoms with Gasteiger partial charge in [0, 0.05) is 37.7 Å². The molecule has 3 fully saturated rings. The van der Waals surface area contributed by atoms with Gasteiger partial charge in [-0.25, -0.2) is 19.4 Å². The Bertz CT molecular complexity index is 1660. The first-order valence-electron chi connectivity index (χ1n) is 18.8. The predicted molar refractivity (Wildman–Crippen MR) is 192 cm³/mol. The molecule has 4 aliphatic rings. The number of hydrogen-bond acceptors (Lipinski definition) is 9. The van der Waals surface area contributed by atoms with Gasteiger partial charge in [0.1, 0.15) is 41.7 Å². The van der Waals surface area contributed by atoms with E-state index in [-0.39, 0.29) is 37.2 Å². The summed E-state index contributed by atoms with van der Waals surface area (Å²) in [4.78, 5) is 60.4. The summed E-state index contributed by atoms with van der Waals surface area (Å²) < 4.78 is 24.8. The molecule has 0 unspecified atom stereocenters. The Morgan fingerprint density at radius 3 is 2.38 bits per heavy atom. The highest BCUT2D eigenvalue weighted by Crippen LogP contribution is 2.41. The molecule has 1 aromatic carbocycles. The number of nitrogens with one attached hydrogen (secondary N) is 1. The van der Waals surface area contributed by atoms with Crippen LogP contribution in [-0.2, 0) is 25.5 Å². The van der Waals surface area contributed by atoms with Gasteiger partial charge in [-0.3, -0.25) is 4.79 Å². The number of carboxylic acid groups (broad SMARTS) is 1. The van der Waals surface area contributed by atoms with E-state index in [9.17, 15) is 24.3 Å². The molecule has 0 radical (unpaired) electrons. The van der Waals surface area contributed by atoms with Gasteiger partial charge >= 0.3 is 18.2 Å². The topological polar surface area (TPSA) is 157 Å². The summed E-state index contributed by atoms with van der Waals surface area (Å²) in [5, 5.41) is 13.9. The first kappa shape index (κ1) is 37.5. The SMILES string of the molecule is CC(C)(C)OC(=O)N1CCC(Oc2c3c(nc4ccccc24)O[C@@H]2C[C@@H](C(=O)O)N(C2)C(=O)[C@H](C(C)(C)C)NC(=O)O[C@@H]2C[C@H]2CCCCC3)CC1. The highest BCUT2D eigenvalue weighted by molar-refractivity contribution is 5.91. The van der Waals surface area contributed by atoms with Crippen molar-refractivity contribution in [3.63, 3.8) is 0 Å². The number of piperidine rings is 1. The minimum Gasteiger partial charge on any atom is -0.489 e. The molecule has 2 aromatic rings. The van der Waals surface area contributed by atoms with Gasteiger partial charge in [-0.2, -0.15) is 0 Å². The molecule has 2 bridgehead atoms. The molecule has 3 amide bonds. The van der Waals surface area contributed by atoms with Crippen molar-refractivity contribution in [2.24, 2.45) is 11.3 Å². The molecule has 13 nitrogen and oxygen atoms in total. The van der Waals surface area contributed by atoms with Gasteiger partial charge in [0.25, 0.3) is 0 Å². The van der Waals surface area contributed by atoms with Crippen molar-refractivity contribution in [2.45, 2.75) is 135 Å². The van der Waals surface area contributed by atoms with Gasteiger partial charge in [-0.15, -0.1) is 0 Å². The lowest BCUT2D eigenvalue weighted by atomic mass is 9.85. The molecule has 6 rings (SSSR count). The minimum atomic E-state index is -1.15. The maximum Gasteiger partial charge on any atom is 0.410 e. The number of amides is 3. The summed E-state index contributed by atoms with van der Waals surface area (Å²) in [5.74, 6) is -0.297. The highest BCUT2D eigenvalue weighted by atomic mass is 16.6. The number of likely N-dealkylation sites (tertiary alicyclic amines) is 1. The van der Waals surface area contributed by atoms with Crippen molar-refractivity contribution in [1.29, 1.82) is 0 Å². The van der Waals surface area contributed by atoms with Crippen LogP contribution in [0.3, 0.4) is 0 Å². The first-order chi connectivity index (χ1) is 24.6. The molecule has 2 saturated heterocycles. The lowest BCUT2D eigenvalue weighted by molar-refractivity contribution is -0.150. The second kappa shape index (κ2) is 15.0. The van der Waals surface area contributed by atoms with E-state index in [0.29, 0.717) is 49.5 Å². The van der Waals surface area contributed by atoms with Crippen LogP contribution in [-0.4, -0.2) is 99.6 Å². The number of alkyl carbamates (subject to hydrolysis) is 1. The Kier molecular flexibility index (Phi) is 10.8. The number of rotatable bonds is 3. The van der Waals surface area contributed by atoms with E-state index in [1.54, 1.807) is 4.90 Å². The number of carbonyl (C=O) groups is 4. The Balaban J connectivity index is 1.31. The van der Waals surface area contributed by atoms with Crippen LogP contribution < -0.4 is 14.8 Å². The van der Waals surface area contributed by atoms with Gasteiger partial charge in [0.05, 0.1) is 17.6 Å². The number of hydrogen-bond donors (Lipinski definition) is 2. The van der Waals surface area contributed by atoms with Crippen LogP contribution >= 0.6 is 0 Å². The van der Waals surface area contributed by atoms with E-state index in [2.05, 4.69) is 5.32 Å². The van der Waals surface area contributed by atoms with Crippen molar-refractivity contribution in [3.05, 3.63) is 29.8 Å². The van der Waals surface area contributed by atoms with Gasteiger partial charge in [0.15, 0.2) is 0 Å². The van der Waals surface area contributed by atoms with Gasteiger partial charge in [0.2, 0.25) is 11.8 Å². The van der Waals surface area contributed by atoms with Crippen LogP contribution in [0.5, 0.6) is 11.6 Å². The number of aliphatic carboxylic acids is 1. The van der Waals surface area contributed by atoms with E-state index < -0.39 is 47.2 Å². The number of para-hydroxylation sites is 1. The number of carbonyl (C=O) groups excluding carboxylic acids is 3. The third kappa shape index (κ3) is 8.83. The smallest absolute Gasteiger partial charge is 0.410 e. The standard InChI is InChI=1S/C39H54N4O9/c1-38(2,3)32-34(44)43-22-25(21-29(43)35(45)46)50-33-27(14-9-7-8-12-23-20-30(23)51-36(47)41-32)31(26-13-10-11-15-28(26)40-33)49-24-16-18-42(19-17-24)37(48)52-39(4,5)6/h10-11,13,15,23-25,29-30,32H,7-9,12,14,16-22H2,1-6H3,(H,41,47)(H,45,46)/t23-,25-,29+,30-,32-/m1/s1. The van der Waals surface area contributed by atoms with Crippen LogP contribution in [0.2, 0.25) is 0 Å². The highest BCUT2D eigenvalue weighted by Gasteiger charge is 2.47. The molecule has 13 heteroatoms. The molecular formula is C39H54N4O9. The normalized spacial score (nSPS) is 26.5. The van der Waals surface area contributed by atoms with Crippen LogP contribution in [0.1, 0.15) is 98.5 Å². The average Bonchev–Trinajstić information content (AvgIpc) is 3.65. The van der Waals surface area contributed by atoms with E-state index in [1.807, 2.05) is 65.8 Å². The summed E-state index contributed by atoms with van der Waals surface area (Å²) in [5.41, 5.74) is 0.205. The number of pyridine rings is 1. The maximum atomic E-state index is 14.1. The molecule has 0 spiro atoms. The van der Waals surface area contributed by atoms with Crippen molar-refractivity contribution in [3.8, 4) is 11.6 Å². The van der Waals surface area contributed by atoms with Crippen molar-refractivity contribution < 1.29 is 43.2 Å². The van der Waals surface area contributed by atoms with Crippen LogP contribution in [0.25, 0.3) is 10.9 Å².